The topological polar surface area (TPSA) is 48.2 Å². The Bertz CT molecular complexity index is 917. The van der Waals surface area contributed by atoms with Gasteiger partial charge in [0.1, 0.15) is 5.75 Å². The third kappa shape index (κ3) is 3.91. The van der Waals surface area contributed by atoms with Crippen LogP contribution in [0, 0.1) is 0 Å². The van der Waals surface area contributed by atoms with Crippen LogP contribution in [-0.4, -0.2) is 22.7 Å². The van der Waals surface area contributed by atoms with E-state index < -0.39 is 18.3 Å². The van der Waals surface area contributed by atoms with Crippen molar-refractivity contribution in [3.63, 3.8) is 0 Å². The number of ether oxygens (including phenoxy) is 1. The van der Waals surface area contributed by atoms with E-state index in [0.29, 0.717) is 21.2 Å². The summed E-state index contributed by atoms with van der Waals surface area (Å²) in [4.78, 5) is 0. The standard InChI is InChI=1S/C16H8Cl2F4N2O2/c17-9-3-6-11(12(18)7-9)14-24-23-13(25-14)8-1-4-10(5-2-8)26-16(21,22)15(19)20/h1-7,15H. The highest BCUT2D eigenvalue weighted by atomic mass is 35.5. The van der Waals surface area contributed by atoms with Crippen LogP contribution < -0.4 is 4.74 Å². The molecule has 0 radical (unpaired) electrons. The molecule has 1 aromatic heterocycles. The van der Waals surface area contributed by atoms with Crippen LogP contribution in [0.1, 0.15) is 0 Å². The second kappa shape index (κ2) is 7.13. The first-order chi connectivity index (χ1) is 12.3. The second-order valence-electron chi connectivity index (χ2n) is 5.03. The van der Waals surface area contributed by atoms with Crippen molar-refractivity contribution >= 4 is 23.2 Å². The maximum absolute atomic E-state index is 12.9. The Kier molecular flexibility index (Phi) is 5.06. The second-order valence-corrected chi connectivity index (χ2v) is 5.87. The molecule has 0 fully saturated rings. The van der Waals surface area contributed by atoms with E-state index in [1.54, 1.807) is 12.1 Å². The molecule has 10 heteroatoms. The summed E-state index contributed by atoms with van der Waals surface area (Å²) in [6, 6.07) is 9.52. The summed E-state index contributed by atoms with van der Waals surface area (Å²) in [5.41, 5.74) is 0.841. The van der Waals surface area contributed by atoms with Gasteiger partial charge in [-0.2, -0.15) is 17.6 Å². The van der Waals surface area contributed by atoms with Crippen LogP contribution in [0.5, 0.6) is 5.75 Å². The first-order valence-electron chi connectivity index (χ1n) is 7.00. The highest BCUT2D eigenvalue weighted by Gasteiger charge is 2.43. The van der Waals surface area contributed by atoms with Crippen LogP contribution in [0.25, 0.3) is 22.9 Å². The molecule has 0 saturated carbocycles. The Balaban J connectivity index is 1.81. The summed E-state index contributed by atoms with van der Waals surface area (Å²) in [7, 11) is 0. The molecule has 0 aliphatic heterocycles. The van der Waals surface area contributed by atoms with Crippen LogP contribution in [0.2, 0.25) is 10.0 Å². The molecule has 0 N–H and O–H groups in total. The molecule has 136 valence electrons. The molecule has 0 aliphatic rings. The Morgan fingerprint density at radius 2 is 1.62 bits per heavy atom. The zero-order valence-corrected chi connectivity index (χ0v) is 14.1. The van der Waals surface area contributed by atoms with Gasteiger partial charge in [0, 0.05) is 10.6 Å². The molecule has 0 unspecified atom stereocenters. The highest BCUT2D eigenvalue weighted by molar-refractivity contribution is 6.36. The Morgan fingerprint density at radius 1 is 0.962 bits per heavy atom. The van der Waals surface area contributed by atoms with Crippen molar-refractivity contribution in [1.29, 1.82) is 0 Å². The van der Waals surface area contributed by atoms with E-state index in [-0.39, 0.29) is 11.8 Å². The normalized spacial score (nSPS) is 11.8. The summed E-state index contributed by atoms with van der Waals surface area (Å²) in [5.74, 6) is -0.219. The van der Waals surface area contributed by atoms with Gasteiger partial charge in [0.05, 0.1) is 10.6 Å². The van der Waals surface area contributed by atoms with Crippen molar-refractivity contribution < 1.29 is 26.7 Å². The predicted molar refractivity (Wildman–Crippen MR) is 86.8 cm³/mol. The average molecular weight is 407 g/mol. The quantitative estimate of drug-likeness (QED) is 0.491. The van der Waals surface area contributed by atoms with Crippen molar-refractivity contribution in [2.45, 2.75) is 12.5 Å². The average Bonchev–Trinajstić information content (AvgIpc) is 3.04. The molecule has 0 bridgehead atoms. The van der Waals surface area contributed by atoms with Crippen LogP contribution >= 0.6 is 23.2 Å². The number of hydrogen-bond acceptors (Lipinski definition) is 4. The van der Waals surface area contributed by atoms with Gasteiger partial charge in [-0.15, -0.1) is 10.2 Å². The van der Waals surface area contributed by atoms with E-state index in [0.717, 1.165) is 12.1 Å². The Hall–Kier alpha value is -2.32. The molecule has 0 spiro atoms. The van der Waals surface area contributed by atoms with Gasteiger partial charge in [-0.1, -0.05) is 23.2 Å². The maximum atomic E-state index is 12.9. The lowest BCUT2D eigenvalue weighted by Gasteiger charge is -2.16. The van der Waals surface area contributed by atoms with Gasteiger partial charge in [-0.25, -0.2) is 0 Å². The van der Waals surface area contributed by atoms with Crippen molar-refractivity contribution in [2.24, 2.45) is 0 Å². The molecule has 26 heavy (non-hydrogen) atoms. The van der Waals surface area contributed by atoms with E-state index in [2.05, 4.69) is 14.9 Å². The summed E-state index contributed by atoms with van der Waals surface area (Å²) >= 11 is 11.9. The van der Waals surface area contributed by atoms with Crippen molar-refractivity contribution in [1.82, 2.24) is 10.2 Å². The van der Waals surface area contributed by atoms with E-state index >= 15 is 0 Å². The summed E-state index contributed by atoms with van der Waals surface area (Å²) in [5, 5.41) is 8.46. The number of aromatic nitrogens is 2. The molecule has 2 aromatic carbocycles. The van der Waals surface area contributed by atoms with Gasteiger partial charge in [-0.3, -0.25) is 0 Å². The fourth-order valence-corrected chi connectivity index (χ4v) is 2.47. The fourth-order valence-electron chi connectivity index (χ4n) is 1.98. The third-order valence-corrected chi connectivity index (χ3v) is 3.74. The predicted octanol–water partition coefficient (Wildman–Crippen LogP) is 5.95. The Labute approximate surface area is 154 Å². The maximum Gasteiger partial charge on any atom is 0.461 e. The first kappa shape index (κ1) is 18.5. The van der Waals surface area contributed by atoms with Crippen LogP contribution in [0.3, 0.4) is 0 Å². The minimum atomic E-state index is -4.58. The molecule has 1 heterocycles. The lowest BCUT2D eigenvalue weighted by Crippen LogP contribution is -2.33. The summed E-state index contributed by atoms with van der Waals surface area (Å²) in [6.07, 6.45) is -8.52. The number of halogens is 6. The van der Waals surface area contributed by atoms with E-state index in [4.69, 9.17) is 27.6 Å². The smallest absolute Gasteiger partial charge is 0.428 e. The third-order valence-electron chi connectivity index (χ3n) is 3.20. The fraction of sp³-hybridized carbons (Fsp3) is 0.125. The zero-order chi connectivity index (χ0) is 18.9. The molecule has 0 atom stereocenters. The van der Waals surface area contributed by atoms with Gasteiger partial charge in [0.15, 0.2) is 0 Å². The van der Waals surface area contributed by atoms with Crippen LogP contribution in [0.4, 0.5) is 17.6 Å². The van der Waals surface area contributed by atoms with Crippen molar-refractivity contribution in [3.05, 3.63) is 52.5 Å². The number of rotatable bonds is 5. The molecule has 0 amide bonds. The molecule has 0 saturated heterocycles. The number of hydrogen-bond donors (Lipinski definition) is 0. The summed E-state index contributed by atoms with van der Waals surface area (Å²) in [6.45, 7) is 0. The molecular formula is C16H8Cl2F4N2O2. The Morgan fingerprint density at radius 3 is 2.23 bits per heavy atom. The van der Waals surface area contributed by atoms with Gasteiger partial charge < -0.3 is 9.15 Å². The number of alkyl halides is 4. The lowest BCUT2D eigenvalue weighted by atomic mass is 10.2. The van der Waals surface area contributed by atoms with E-state index in [9.17, 15) is 17.6 Å². The van der Waals surface area contributed by atoms with Crippen molar-refractivity contribution in [3.8, 4) is 28.7 Å². The van der Waals surface area contributed by atoms with E-state index in [1.165, 1.54) is 18.2 Å². The minimum absolute atomic E-state index is 0.0817. The molecule has 3 aromatic rings. The number of nitrogens with zero attached hydrogens (tertiary/aromatic N) is 2. The molecule has 0 aliphatic carbocycles. The summed E-state index contributed by atoms with van der Waals surface area (Å²) < 4.78 is 59.5. The minimum Gasteiger partial charge on any atom is -0.428 e. The van der Waals surface area contributed by atoms with Crippen molar-refractivity contribution in [2.75, 3.05) is 0 Å². The highest BCUT2D eigenvalue weighted by Crippen LogP contribution is 2.32. The SMILES string of the molecule is FC(F)C(F)(F)Oc1ccc(-c2nnc(-c3ccc(Cl)cc3Cl)o2)cc1. The van der Waals surface area contributed by atoms with Crippen LogP contribution in [0.15, 0.2) is 46.9 Å². The lowest BCUT2D eigenvalue weighted by molar-refractivity contribution is -0.253. The first-order valence-corrected chi connectivity index (χ1v) is 7.76. The van der Waals surface area contributed by atoms with Gasteiger partial charge >= 0.3 is 12.5 Å². The van der Waals surface area contributed by atoms with Gasteiger partial charge in [0.2, 0.25) is 11.8 Å². The number of benzene rings is 2. The molecule has 4 nitrogen and oxygen atoms in total. The molecular weight excluding hydrogens is 399 g/mol. The van der Waals surface area contributed by atoms with E-state index in [1.807, 2.05) is 0 Å². The molecule has 3 rings (SSSR count). The van der Waals surface area contributed by atoms with Gasteiger partial charge in [-0.05, 0) is 42.5 Å². The monoisotopic (exact) mass is 406 g/mol. The zero-order valence-electron chi connectivity index (χ0n) is 12.6. The largest absolute Gasteiger partial charge is 0.461 e. The van der Waals surface area contributed by atoms with Crippen LogP contribution in [-0.2, 0) is 0 Å². The van der Waals surface area contributed by atoms with Gasteiger partial charge in [0.25, 0.3) is 0 Å².